The number of thioether (sulfide) groups is 1. The Balaban J connectivity index is 0.955. The number of Topliss-reactive ketones (excluding diaryl/α,β-unsaturated/α-hetero) is 1. The number of azo groups is 2. The smallest absolute Gasteiger partial charge is 0.357 e. The Bertz CT molecular complexity index is 4620. The molecule has 7 aromatic rings. The predicted molar refractivity (Wildman–Crippen MR) is 381 cm³/mol. The molecule has 3 aromatic heterocycles. The third-order valence-electron chi connectivity index (χ3n) is 16.6. The number of hydrogen-bond acceptors (Lipinski definition) is 28. The predicted octanol–water partition coefficient (Wildman–Crippen LogP) is 12.2. The number of methoxy groups -OCH3 is 2. The van der Waals surface area contributed by atoms with Crippen LogP contribution in [0.15, 0.2) is 114 Å². The number of piperidine rings is 2. The molecule has 0 aliphatic carbocycles. The number of aromatic nitrogens is 5. The Morgan fingerprint density at radius 2 is 1.43 bits per heavy atom. The molecule has 520 valence electrons. The standard InChI is InChI=1S/C64H71N17O13S5/c1-7-78(8-2)49-32-45(47(34-51(49)92-5)74-76-63-71-56(80-22-12-10-13-23-80)53(96-63)30-43(38(4)82)58(83)65-39-18-16-20-41(28-39)98(86,87)88)67-61-69-55-36-95-27-26-94-37-79(9-3)50-33-46(68-62(70-55)73-61)48(35-52(50)93-6)75-77-64-72-57-54(97-64)31-44(60(85)81(57)24-14-11-15-25-81)59(84)66-40-19-17-21-42(29-40)99(89,90)91/h16-21,28-35H,7-15,22-27,36-37H2,1-6H3,(H5-,65,66,67,68,69,70,71,72,73,76,77,82,83,84,85,86,87,88,89,90,91)/p+1. The van der Waals surface area contributed by atoms with E-state index in [1.807, 2.05) is 37.8 Å². The molecule has 0 radical (unpaired) electrons. The highest BCUT2D eigenvalue weighted by Gasteiger charge is 2.50. The molecule has 4 aromatic carbocycles. The van der Waals surface area contributed by atoms with Crippen molar-refractivity contribution in [2.45, 2.75) is 81.8 Å². The van der Waals surface area contributed by atoms with Gasteiger partial charge >= 0.3 is 5.91 Å². The van der Waals surface area contributed by atoms with Crippen LogP contribution in [0.2, 0.25) is 0 Å². The summed E-state index contributed by atoms with van der Waals surface area (Å²) in [6.07, 6.45) is 7.89. The van der Waals surface area contributed by atoms with Crippen LogP contribution in [0.5, 0.6) is 11.5 Å². The molecule has 2 fully saturated rings. The lowest BCUT2D eigenvalue weighted by Gasteiger charge is -2.38. The highest BCUT2D eigenvalue weighted by molar-refractivity contribution is 7.98. The zero-order valence-corrected chi connectivity index (χ0v) is 58.9. The second kappa shape index (κ2) is 30.9. The van der Waals surface area contributed by atoms with Crippen LogP contribution in [0.3, 0.4) is 0 Å². The maximum absolute atomic E-state index is 14.6. The number of amides is 3. The molecule has 35 heteroatoms. The van der Waals surface area contributed by atoms with Gasteiger partial charge in [-0.1, -0.05) is 34.8 Å². The van der Waals surface area contributed by atoms with Crippen LogP contribution in [-0.2, 0) is 49.9 Å². The largest absolute Gasteiger partial charge is 0.494 e. The fraction of sp³-hybridized carbons (Fsp3) is 0.359. The van der Waals surface area contributed by atoms with E-state index in [0.717, 1.165) is 66.2 Å². The molecule has 99 heavy (non-hydrogen) atoms. The maximum atomic E-state index is 14.6. The van der Waals surface area contributed by atoms with E-state index in [1.165, 1.54) is 55.5 Å². The zero-order valence-electron chi connectivity index (χ0n) is 54.8. The van der Waals surface area contributed by atoms with Crippen molar-refractivity contribution in [3.63, 3.8) is 0 Å². The Kier molecular flexibility index (Phi) is 22.2. The third-order valence-corrected chi connectivity index (χ3v) is 21.0. The van der Waals surface area contributed by atoms with Gasteiger partial charge in [0.15, 0.2) is 5.78 Å². The molecule has 7 heterocycles. The van der Waals surface area contributed by atoms with Crippen LogP contribution in [0.25, 0.3) is 12.2 Å². The number of ether oxygens (including phenoxy) is 3. The minimum atomic E-state index is -4.59. The summed E-state index contributed by atoms with van der Waals surface area (Å²) in [5, 5.41) is 31.3. The van der Waals surface area contributed by atoms with Gasteiger partial charge in [-0.3, -0.25) is 23.5 Å². The summed E-state index contributed by atoms with van der Waals surface area (Å²) in [7, 11) is -6.08. The molecule has 3 amide bonds. The van der Waals surface area contributed by atoms with Gasteiger partial charge in [-0.25, -0.2) is 9.28 Å². The quantitative estimate of drug-likeness (QED) is 0.00972. The highest BCUT2D eigenvalue weighted by Crippen LogP contribution is 2.47. The van der Waals surface area contributed by atoms with E-state index in [4.69, 9.17) is 49.4 Å². The van der Waals surface area contributed by atoms with Gasteiger partial charge in [0, 0.05) is 62.0 Å². The van der Waals surface area contributed by atoms with E-state index in [-0.39, 0.29) is 61.6 Å². The molecule has 6 N–H and O–H groups in total. The van der Waals surface area contributed by atoms with Crippen molar-refractivity contribution in [1.29, 1.82) is 0 Å². The molecule has 2 saturated heterocycles. The van der Waals surface area contributed by atoms with Gasteiger partial charge in [0.2, 0.25) is 22.2 Å². The molecule has 30 nitrogen and oxygen atoms in total. The summed E-state index contributed by atoms with van der Waals surface area (Å²) in [6, 6.07) is 17.3. The van der Waals surface area contributed by atoms with Crippen LogP contribution in [-0.4, -0.2) is 153 Å². The number of nitrogens with one attached hydrogen (secondary N) is 4. The van der Waals surface area contributed by atoms with Gasteiger partial charge in [0.25, 0.3) is 37.9 Å². The van der Waals surface area contributed by atoms with E-state index < -0.39 is 53.5 Å². The SMILES string of the molecule is CCN(CC)c1cc(Nc2nc3nc(n2)Nc2cc(c(OC)cc2N=Nc2nc4c(s2)C=C(C(=O)Nc2cccc(S(=O)(=O)O)c2)C(=O)[N+]42CCCCC2)N(CC)COCCSC3)c(N=Nc2nc(N3CCCCC3)c(C=C(C(C)=O)C(=O)Nc3cccc(S(=O)(=O)O)c3)s2)cc1OC. The van der Waals surface area contributed by atoms with Crippen molar-refractivity contribution in [3.8, 4) is 11.5 Å². The number of carbonyl (C=O) groups excluding carboxylic acids is 4. The summed E-state index contributed by atoms with van der Waals surface area (Å²) >= 11 is 3.79. The van der Waals surface area contributed by atoms with Crippen LogP contribution < -0.4 is 49.9 Å². The molecule has 4 aliphatic heterocycles. The molecule has 0 saturated carbocycles. The van der Waals surface area contributed by atoms with Crippen molar-refractivity contribution >= 4 is 170 Å². The molecule has 4 bridgehead atoms. The number of ketones is 1. The first-order valence-electron chi connectivity index (χ1n) is 31.7. The van der Waals surface area contributed by atoms with Gasteiger partial charge in [-0.2, -0.15) is 53.5 Å². The Morgan fingerprint density at radius 1 is 0.778 bits per heavy atom. The normalized spacial score (nSPS) is 16.0. The monoisotopic (exact) mass is 1450 g/mol. The first-order valence-corrected chi connectivity index (χ1v) is 37.4. The number of hydrogen-bond donors (Lipinski definition) is 6. The van der Waals surface area contributed by atoms with E-state index in [9.17, 15) is 45.1 Å². The van der Waals surface area contributed by atoms with Crippen molar-refractivity contribution in [2.24, 2.45) is 20.5 Å². The molecular formula is C64H72N17O13S5+. The summed E-state index contributed by atoms with van der Waals surface area (Å²) in [6.45, 7) is 11.7. The van der Waals surface area contributed by atoms with Crippen LogP contribution >= 0.6 is 34.4 Å². The minimum absolute atomic E-state index is 0.0363. The Labute approximate surface area is 583 Å². The first-order chi connectivity index (χ1) is 47.6. The molecule has 4 aliphatic rings. The maximum Gasteiger partial charge on any atom is 0.357 e. The number of rotatable bonds is 21. The van der Waals surface area contributed by atoms with E-state index in [2.05, 4.69) is 41.3 Å². The summed E-state index contributed by atoms with van der Waals surface area (Å²) in [5.74, 6) is 0.789. The molecular weight excluding hydrogens is 1380 g/mol. The first kappa shape index (κ1) is 71.1. The van der Waals surface area contributed by atoms with Gasteiger partial charge in [0.1, 0.15) is 51.7 Å². The number of carbonyl (C=O) groups is 4. The number of quaternary nitrogens is 1. The average Bonchev–Trinajstić information content (AvgIpc) is 1.62. The summed E-state index contributed by atoms with van der Waals surface area (Å²) in [4.78, 5) is 86.6. The zero-order chi connectivity index (χ0) is 70.2. The van der Waals surface area contributed by atoms with Crippen LogP contribution in [0.1, 0.15) is 81.8 Å². The lowest BCUT2D eigenvalue weighted by molar-refractivity contribution is -0.129. The third kappa shape index (κ3) is 16.4. The summed E-state index contributed by atoms with van der Waals surface area (Å²) in [5.41, 5.74) is 2.43. The molecule has 0 atom stereocenters. The second-order valence-electron chi connectivity index (χ2n) is 23.0. The van der Waals surface area contributed by atoms with Crippen LogP contribution in [0.4, 0.5) is 79.3 Å². The number of thiazole rings is 2. The minimum Gasteiger partial charge on any atom is -0.494 e. The van der Waals surface area contributed by atoms with E-state index in [0.29, 0.717) is 138 Å². The van der Waals surface area contributed by atoms with E-state index >= 15 is 0 Å². The van der Waals surface area contributed by atoms with Crippen molar-refractivity contribution in [2.75, 3.05) is 115 Å². The van der Waals surface area contributed by atoms with Gasteiger partial charge in [0.05, 0.1) is 82.7 Å². The summed E-state index contributed by atoms with van der Waals surface area (Å²) < 4.78 is 85.1. The van der Waals surface area contributed by atoms with Gasteiger partial charge < -0.3 is 50.2 Å². The van der Waals surface area contributed by atoms with Gasteiger partial charge in [-0.15, -0.1) is 20.5 Å². The Morgan fingerprint density at radius 3 is 2.09 bits per heavy atom. The van der Waals surface area contributed by atoms with Crippen molar-refractivity contribution in [1.82, 2.24) is 29.4 Å². The number of fused-ring (bicyclic) bond motifs is 6. The topological polar surface area (TPSA) is 376 Å². The Hall–Kier alpha value is -9.20. The van der Waals surface area contributed by atoms with Crippen molar-refractivity contribution in [3.05, 3.63) is 99.5 Å². The lowest BCUT2D eigenvalue weighted by atomic mass is 10.00. The molecule has 0 unspecified atom stereocenters. The fourth-order valence-electron chi connectivity index (χ4n) is 11.7. The molecule has 1 spiro atoms. The van der Waals surface area contributed by atoms with E-state index in [1.54, 1.807) is 38.1 Å². The van der Waals surface area contributed by atoms with Crippen LogP contribution in [0, 0.1) is 0 Å². The highest BCUT2D eigenvalue weighted by atomic mass is 32.2. The van der Waals surface area contributed by atoms with Crippen molar-refractivity contribution < 1.29 is 59.3 Å². The fourth-order valence-corrected chi connectivity index (χ4v) is 15.2. The molecule has 11 rings (SSSR count). The lowest BCUT2D eigenvalue weighted by Crippen LogP contribution is -2.60. The number of anilines is 9. The number of benzene rings is 4. The second-order valence-corrected chi connectivity index (χ2v) is 29.0. The van der Waals surface area contributed by atoms with Gasteiger partial charge in [-0.05, 0) is 127 Å². The average molecular weight is 1450 g/mol. The number of nitrogens with zero attached hydrogens (tertiary/aromatic N) is 13.